The minimum atomic E-state index is -0.638. The molecular weight excluding hydrogens is 393 g/mol. The van der Waals surface area contributed by atoms with Gasteiger partial charge in [0.05, 0.1) is 11.0 Å². The standard InChI is InChI=1S/C22H21Cl2N3O/c1-14-6-2-4-8-18(14)26-12-15(10-20(26)28)21-25-17-7-3-5-9-19(17)27(21)13-16-11-22(16,23)24/h2-9,15-16H,10-13H2,1H3/t15-,16-/m0/s1. The van der Waals surface area contributed by atoms with Crippen molar-refractivity contribution >= 4 is 45.8 Å². The van der Waals surface area contributed by atoms with Gasteiger partial charge in [-0.15, -0.1) is 23.2 Å². The van der Waals surface area contributed by atoms with Crippen molar-refractivity contribution in [1.82, 2.24) is 9.55 Å². The van der Waals surface area contributed by atoms with Crippen LogP contribution in [-0.2, 0) is 11.3 Å². The van der Waals surface area contributed by atoms with Crippen LogP contribution in [-0.4, -0.2) is 26.3 Å². The van der Waals surface area contributed by atoms with Crippen LogP contribution >= 0.6 is 23.2 Å². The molecule has 0 radical (unpaired) electrons. The van der Waals surface area contributed by atoms with Gasteiger partial charge in [0, 0.05) is 37.0 Å². The predicted octanol–water partition coefficient (Wildman–Crippen LogP) is 5.06. The van der Waals surface area contributed by atoms with Crippen molar-refractivity contribution in [3.8, 4) is 0 Å². The third-order valence-corrected chi connectivity index (χ3v) is 6.86. The zero-order chi connectivity index (χ0) is 19.5. The first kappa shape index (κ1) is 18.0. The molecule has 2 aliphatic rings. The molecule has 1 aromatic heterocycles. The predicted molar refractivity (Wildman–Crippen MR) is 113 cm³/mol. The second-order valence-electron chi connectivity index (χ2n) is 7.92. The molecule has 1 aliphatic heterocycles. The maximum absolute atomic E-state index is 12.8. The SMILES string of the molecule is Cc1ccccc1N1C[C@@H](c2nc3ccccc3n2C[C@@H]2CC2(Cl)Cl)CC1=O. The minimum absolute atomic E-state index is 0.0540. The van der Waals surface area contributed by atoms with Crippen LogP contribution in [0, 0.1) is 12.8 Å². The molecule has 2 aromatic carbocycles. The fraction of sp³-hybridized carbons (Fsp3) is 0.364. The molecule has 1 aliphatic carbocycles. The zero-order valence-electron chi connectivity index (χ0n) is 15.6. The molecule has 28 heavy (non-hydrogen) atoms. The Balaban J connectivity index is 1.51. The van der Waals surface area contributed by atoms with Gasteiger partial charge in [0.15, 0.2) is 0 Å². The minimum Gasteiger partial charge on any atom is -0.327 e. The van der Waals surface area contributed by atoms with E-state index in [0.29, 0.717) is 13.0 Å². The lowest BCUT2D eigenvalue weighted by atomic mass is 10.1. The van der Waals surface area contributed by atoms with Gasteiger partial charge in [-0.2, -0.15) is 0 Å². The number of amides is 1. The molecule has 2 heterocycles. The van der Waals surface area contributed by atoms with Crippen LogP contribution in [0.4, 0.5) is 5.69 Å². The third kappa shape index (κ3) is 2.99. The van der Waals surface area contributed by atoms with E-state index in [0.717, 1.165) is 41.1 Å². The topological polar surface area (TPSA) is 38.1 Å². The van der Waals surface area contributed by atoms with Gasteiger partial charge in [0.2, 0.25) is 5.91 Å². The Morgan fingerprint density at radius 3 is 2.61 bits per heavy atom. The molecule has 6 heteroatoms. The van der Waals surface area contributed by atoms with Crippen molar-refractivity contribution in [3.63, 3.8) is 0 Å². The number of aryl methyl sites for hydroxylation is 1. The molecule has 3 aromatic rings. The summed E-state index contributed by atoms with van der Waals surface area (Å²) in [5.74, 6) is 1.38. The number of hydrogen-bond donors (Lipinski definition) is 0. The van der Waals surface area contributed by atoms with Gasteiger partial charge in [0.1, 0.15) is 10.2 Å². The van der Waals surface area contributed by atoms with Crippen LogP contribution < -0.4 is 4.90 Å². The van der Waals surface area contributed by atoms with Crippen molar-refractivity contribution < 1.29 is 4.79 Å². The number of fused-ring (bicyclic) bond motifs is 1. The van der Waals surface area contributed by atoms with Crippen LogP contribution in [0.5, 0.6) is 0 Å². The summed E-state index contributed by atoms with van der Waals surface area (Å²) in [6, 6.07) is 16.1. The van der Waals surface area contributed by atoms with E-state index in [1.54, 1.807) is 0 Å². The van der Waals surface area contributed by atoms with E-state index in [1.807, 2.05) is 54.3 Å². The molecule has 0 bridgehead atoms. The Bertz CT molecular complexity index is 1070. The number of benzene rings is 2. The number of carbonyl (C=O) groups excluding carboxylic acids is 1. The molecule has 5 rings (SSSR count). The molecule has 0 unspecified atom stereocenters. The fourth-order valence-electron chi connectivity index (χ4n) is 4.27. The number of imidazole rings is 1. The lowest BCUT2D eigenvalue weighted by Crippen LogP contribution is -2.25. The summed E-state index contributed by atoms with van der Waals surface area (Å²) in [6.45, 7) is 3.42. The van der Waals surface area contributed by atoms with E-state index >= 15 is 0 Å². The first-order chi connectivity index (χ1) is 13.4. The number of nitrogens with zero attached hydrogens (tertiary/aromatic N) is 3. The summed E-state index contributed by atoms with van der Waals surface area (Å²) >= 11 is 12.6. The number of rotatable bonds is 4. The van der Waals surface area contributed by atoms with Crippen LogP contribution in [0.2, 0.25) is 0 Å². The van der Waals surface area contributed by atoms with Gasteiger partial charge in [-0.3, -0.25) is 4.79 Å². The van der Waals surface area contributed by atoms with Gasteiger partial charge in [0.25, 0.3) is 0 Å². The molecule has 2 atom stereocenters. The molecule has 2 fully saturated rings. The highest BCUT2D eigenvalue weighted by molar-refractivity contribution is 6.50. The van der Waals surface area contributed by atoms with Crippen molar-refractivity contribution in [2.45, 2.75) is 36.6 Å². The Hall–Kier alpha value is -2.04. The van der Waals surface area contributed by atoms with Gasteiger partial charge >= 0.3 is 0 Å². The van der Waals surface area contributed by atoms with Crippen LogP contribution in [0.25, 0.3) is 11.0 Å². The van der Waals surface area contributed by atoms with E-state index in [4.69, 9.17) is 28.2 Å². The van der Waals surface area contributed by atoms with Gasteiger partial charge < -0.3 is 9.47 Å². The monoisotopic (exact) mass is 413 g/mol. The highest BCUT2D eigenvalue weighted by atomic mass is 35.5. The average molecular weight is 414 g/mol. The van der Waals surface area contributed by atoms with E-state index in [2.05, 4.69) is 10.6 Å². The van der Waals surface area contributed by atoms with E-state index in [9.17, 15) is 4.79 Å². The Morgan fingerprint density at radius 1 is 1.14 bits per heavy atom. The number of halogens is 2. The lowest BCUT2D eigenvalue weighted by molar-refractivity contribution is -0.117. The average Bonchev–Trinajstić information content (AvgIpc) is 2.99. The van der Waals surface area contributed by atoms with E-state index < -0.39 is 4.33 Å². The fourth-order valence-corrected chi connectivity index (χ4v) is 4.78. The maximum Gasteiger partial charge on any atom is 0.227 e. The highest BCUT2D eigenvalue weighted by Crippen LogP contribution is 2.54. The Labute approximate surface area is 174 Å². The van der Waals surface area contributed by atoms with Crippen molar-refractivity contribution in [1.29, 1.82) is 0 Å². The maximum atomic E-state index is 12.8. The molecule has 1 amide bonds. The summed E-state index contributed by atoms with van der Waals surface area (Å²) in [4.78, 5) is 19.6. The molecule has 1 saturated carbocycles. The highest BCUT2D eigenvalue weighted by Gasteiger charge is 2.52. The van der Waals surface area contributed by atoms with Gasteiger partial charge in [-0.05, 0) is 37.1 Å². The second-order valence-corrected chi connectivity index (χ2v) is 9.47. The molecular formula is C22H21Cl2N3O. The summed E-state index contributed by atoms with van der Waals surface area (Å²) in [5.41, 5.74) is 4.13. The summed E-state index contributed by atoms with van der Waals surface area (Å²) in [5, 5.41) is 0. The Kier molecular flexibility index (Phi) is 4.18. The number of para-hydroxylation sites is 3. The number of alkyl halides is 2. The Morgan fingerprint density at radius 2 is 1.86 bits per heavy atom. The molecule has 144 valence electrons. The summed E-state index contributed by atoms with van der Waals surface area (Å²) < 4.78 is 1.59. The first-order valence-electron chi connectivity index (χ1n) is 9.63. The molecule has 1 saturated heterocycles. The zero-order valence-corrected chi connectivity index (χ0v) is 17.1. The third-order valence-electron chi connectivity index (χ3n) is 5.94. The van der Waals surface area contributed by atoms with Crippen LogP contribution in [0.1, 0.15) is 30.1 Å². The second kappa shape index (κ2) is 6.50. The van der Waals surface area contributed by atoms with Crippen molar-refractivity contribution in [3.05, 3.63) is 59.9 Å². The number of anilines is 1. The molecule has 4 nitrogen and oxygen atoms in total. The normalized spacial score (nSPS) is 23.5. The lowest BCUT2D eigenvalue weighted by Gasteiger charge is -2.19. The van der Waals surface area contributed by atoms with Gasteiger partial charge in [-0.1, -0.05) is 30.3 Å². The largest absolute Gasteiger partial charge is 0.327 e. The molecule has 0 spiro atoms. The number of aromatic nitrogens is 2. The van der Waals surface area contributed by atoms with Crippen LogP contribution in [0.3, 0.4) is 0 Å². The van der Waals surface area contributed by atoms with E-state index in [-0.39, 0.29) is 17.7 Å². The quantitative estimate of drug-likeness (QED) is 0.560. The van der Waals surface area contributed by atoms with E-state index in [1.165, 1.54) is 0 Å². The van der Waals surface area contributed by atoms with Crippen LogP contribution in [0.15, 0.2) is 48.5 Å². The van der Waals surface area contributed by atoms with Crippen molar-refractivity contribution in [2.24, 2.45) is 5.92 Å². The molecule has 0 N–H and O–H groups in total. The number of hydrogen-bond acceptors (Lipinski definition) is 2. The first-order valence-corrected chi connectivity index (χ1v) is 10.4. The smallest absolute Gasteiger partial charge is 0.227 e. The van der Waals surface area contributed by atoms with Gasteiger partial charge in [-0.25, -0.2) is 4.98 Å². The van der Waals surface area contributed by atoms with Crippen molar-refractivity contribution in [2.75, 3.05) is 11.4 Å². The summed E-state index contributed by atoms with van der Waals surface area (Å²) in [7, 11) is 0. The summed E-state index contributed by atoms with van der Waals surface area (Å²) in [6.07, 6.45) is 1.26. The number of carbonyl (C=O) groups is 1.